The van der Waals surface area contributed by atoms with Crippen molar-refractivity contribution in [3.05, 3.63) is 35.6 Å². The lowest BCUT2D eigenvalue weighted by atomic mass is 10.2. The number of amides is 2. The molecule has 1 heterocycles. The van der Waals surface area contributed by atoms with Crippen molar-refractivity contribution in [3.63, 3.8) is 0 Å². The average molecular weight is 362 g/mol. The Hall–Kier alpha value is -1.99. The van der Waals surface area contributed by atoms with Gasteiger partial charge >= 0.3 is 0 Å². The minimum atomic E-state index is -0.507. The Morgan fingerprint density at radius 2 is 1.85 bits per heavy atom. The summed E-state index contributed by atoms with van der Waals surface area (Å²) in [6, 6.07) is 5.97. The van der Waals surface area contributed by atoms with Crippen LogP contribution < -0.4 is 10.6 Å². The van der Waals surface area contributed by atoms with E-state index < -0.39 is 11.7 Å². The second-order valence-electron chi connectivity index (χ2n) is 7.03. The second kappa shape index (κ2) is 9.09. The van der Waals surface area contributed by atoms with Crippen molar-refractivity contribution in [1.82, 2.24) is 20.4 Å². The van der Waals surface area contributed by atoms with Crippen LogP contribution in [0, 0.1) is 11.7 Å². The van der Waals surface area contributed by atoms with Crippen LogP contribution in [0.4, 0.5) is 4.39 Å². The monoisotopic (exact) mass is 362 g/mol. The predicted molar refractivity (Wildman–Crippen MR) is 97.3 cm³/mol. The largest absolute Gasteiger partial charge is 0.351 e. The van der Waals surface area contributed by atoms with Crippen LogP contribution in [0.2, 0.25) is 0 Å². The molecule has 0 unspecified atom stereocenters. The van der Waals surface area contributed by atoms with E-state index in [0.29, 0.717) is 32.7 Å². The maximum Gasteiger partial charge on any atom is 0.254 e. The van der Waals surface area contributed by atoms with Crippen LogP contribution in [0.5, 0.6) is 0 Å². The summed E-state index contributed by atoms with van der Waals surface area (Å²) < 4.78 is 13.6. The number of piperazine rings is 1. The third kappa shape index (κ3) is 5.51. The van der Waals surface area contributed by atoms with E-state index in [1.807, 2.05) is 4.90 Å². The summed E-state index contributed by atoms with van der Waals surface area (Å²) in [5, 5.41) is 5.99. The maximum absolute atomic E-state index is 13.6. The normalized spacial score (nSPS) is 18.0. The number of nitrogens with one attached hydrogen (secondary N) is 2. The Bertz CT molecular complexity index is 628. The first kappa shape index (κ1) is 18.8. The van der Waals surface area contributed by atoms with Gasteiger partial charge in [-0.15, -0.1) is 0 Å². The van der Waals surface area contributed by atoms with Gasteiger partial charge in [-0.05, 0) is 37.4 Å². The summed E-state index contributed by atoms with van der Waals surface area (Å²) in [5.74, 6) is 0.0449. The maximum atomic E-state index is 13.6. The van der Waals surface area contributed by atoms with Gasteiger partial charge in [-0.2, -0.15) is 0 Å². The number of halogens is 1. The van der Waals surface area contributed by atoms with Crippen LogP contribution in [0.25, 0.3) is 0 Å². The van der Waals surface area contributed by atoms with Crippen LogP contribution in [0.3, 0.4) is 0 Å². The Morgan fingerprint density at radius 1 is 1.12 bits per heavy atom. The molecule has 1 aliphatic carbocycles. The van der Waals surface area contributed by atoms with E-state index >= 15 is 0 Å². The Morgan fingerprint density at radius 3 is 2.54 bits per heavy atom. The first-order valence-electron chi connectivity index (χ1n) is 9.37. The second-order valence-corrected chi connectivity index (χ2v) is 7.03. The van der Waals surface area contributed by atoms with E-state index in [-0.39, 0.29) is 11.5 Å². The van der Waals surface area contributed by atoms with Gasteiger partial charge in [0.2, 0.25) is 5.91 Å². The molecular weight excluding hydrogens is 335 g/mol. The van der Waals surface area contributed by atoms with Gasteiger partial charge in [-0.25, -0.2) is 4.39 Å². The average Bonchev–Trinajstić information content (AvgIpc) is 3.47. The molecule has 2 amide bonds. The number of rotatable bonds is 8. The minimum Gasteiger partial charge on any atom is -0.351 e. The molecule has 2 N–H and O–H groups in total. The topological polar surface area (TPSA) is 64.7 Å². The molecule has 1 aliphatic heterocycles. The summed E-state index contributed by atoms with van der Waals surface area (Å²) in [5.41, 5.74) is 0.0709. The summed E-state index contributed by atoms with van der Waals surface area (Å²) >= 11 is 0. The smallest absolute Gasteiger partial charge is 0.254 e. The molecule has 0 atom stereocenters. The van der Waals surface area contributed by atoms with Crippen molar-refractivity contribution in [2.45, 2.75) is 12.8 Å². The van der Waals surface area contributed by atoms with E-state index in [1.165, 1.54) is 25.0 Å². The quantitative estimate of drug-likeness (QED) is 0.715. The van der Waals surface area contributed by atoms with Gasteiger partial charge < -0.3 is 15.5 Å². The number of hydrogen-bond donors (Lipinski definition) is 2. The van der Waals surface area contributed by atoms with Gasteiger partial charge in [0.1, 0.15) is 5.82 Å². The summed E-state index contributed by atoms with van der Waals surface area (Å²) in [6.07, 6.45) is 2.57. The molecule has 26 heavy (non-hydrogen) atoms. The highest BCUT2D eigenvalue weighted by molar-refractivity contribution is 5.94. The lowest BCUT2D eigenvalue weighted by molar-refractivity contribution is -0.131. The lowest BCUT2D eigenvalue weighted by Gasteiger charge is -2.34. The van der Waals surface area contributed by atoms with Crippen LogP contribution in [0.15, 0.2) is 24.3 Å². The molecule has 0 aromatic heterocycles. The van der Waals surface area contributed by atoms with Gasteiger partial charge in [0.25, 0.3) is 5.91 Å². The number of nitrogens with zero attached hydrogens (tertiary/aromatic N) is 2. The van der Waals surface area contributed by atoms with Gasteiger partial charge in [0.05, 0.1) is 12.1 Å². The van der Waals surface area contributed by atoms with Gasteiger partial charge in [0.15, 0.2) is 0 Å². The van der Waals surface area contributed by atoms with Crippen molar-refractivity contribution in [1.29, 1.82) is 0 Å². The molecular formula is C19H27FN4O2. The van der Waals surface area contributed by atoms with Crippen molar-refractivity contribution >= 4 is 11.8 Å². The van der Waals surface area contributed by atoms with Crippen LogP contribution in [-0.2, 0) is 4.79 Å². The van der Waals surface area contributed by atoms with Gasteiger partial charge in [0, 0.05) is 39.3 Å². The minimum absolute atomic E-state index is 0.0709. The SMILES string of the molecule is O=C(NCCN1CCN(C(=O)CNCC2CC2)CC1)c1ccccc1F. The first-order valence-corrected chi connectivity index (χ1v) is 9.37. The van der Waals surface area contributed by atoms with Crippen LogP contribution >= 0.6 is 0 Å². The Balaban J connectivity index is 1.30. The fraction of sp³-hybridized carbons (Fsp3) is 0.579. The highest BCUT2D eigenvalue weighted by atomic mass is 19.1. The molecule has 6 nitrogen and oxygen atoms in total. The number of carbonyl (C=O) groups is 2. The fourth-order valence-corrected chi connectivity index (χ4v) is 3.11. The van der Waals surface area contributed by atoms with Gasteiger partial charge in [-0.1, -0.05) is 12.1 Å². The molecule has 2 fully saturated rings. The van der Waals surface area contributed by atoms with E-state index in [2.05, 4.69) is 15.5 Å². The Labute approximate surface area is 153 Å². The molecule has 142 valence electrons. The zero-order valence-electron chi connectivity index (χ0n) is 15.0. The molecule has 3 rings (SSSR count). The molecule has 1 aromatic carbocycles. The molecule has 1 saturated heterocycles. The van der Waals surface area contributed by atoms with E-state index in [9.17, 15) is 14.0 Å². The third-order valence-corrected chi connectivity index (χ3v) is 4.96. The summed E-state index contributed by atoms with van der Waals surface area (Å²) in [4.78, 5) is 28.2. The first-order chi connectivity index (χ1) is 12.6. The molecule has 0 radical (unpaired) electrons. The van der Waals surface area contributed by atoms with Crippen LogP contribution in [-0.4, -0.2) is 74.0 Å². The molecule has 2 aliphatic rings. The van der Waals surface area contributed by atoms with E-state index in [0.717, 1.165) is 25.6 Å². The lowest BCUT2D eigenvalue weighted by Crippen LogP contribution is -2.52. The molecule has 7 heteroatoms. The molecule has 0 spiro atoms. The predicted octanol–water partition coefficient (Wildman–Crippen LogP) is 0.699. The van der Waals surface area contributed by atoms with Crippen molar-refractivity contribution < 1.29 is 14.0 Å². The number of hydrogen-bond acceptors (Lipinski definition) is 4. The Kier molecular flexibility index (Phi) is 6.57. The molecule has 1 aromatic rings. The third-order valence-electron chi connectivity index (χ3n) is 4.96. The van der Waals surface area contributed by atoms with Gasteiger partial charge in [-0.3, -0.25) is 14.5 Å². The van der Waals surface area contributed by atoms with E-state index in [1.54, 1.807) is 12.1 Å². The molecule has 1 saturated carbocycles. The zero-order chi connectivity index (χ0) is 18.4. The number of benzene rings is 1. The molecule has 0 bridgehead atoms. The van der Waals surface area contributed by atoms with Crippen molar-refractivity contribution in [2.75, 3.05) is 52.4 Å². The summed E-state index contributed by atoms with van der Waals surface area (Å²) in [6.45, 7) is 5.55. The van der Waals surface area contributed by atoms with Crippen molar-refractivity contribution in [2.24, 2.45) is 5.92 Å². The summed E-state index contributed by atoms with van der Waals surface area (Å²) in [7, 11) is 0. The van der Waals surface area contributed by atoms with E-state index in [4.69, 9.17) is 0 Å². The highest BCUT2D eigenvalue weighted by Crippen LogP contribution is 2.27. The number of carbonyl (C=O) groups excluding carboxylic acids is 2. The highest BCUT2D eigenvalue weighted by Gasteiger charge is 2.23. The van der Waals surface area contributed by atoms with Crippen molar-refractivity contribution in [3.8, 4) is 0 Å². The standard InChI is InChI=1S/C19H27FN4O2/c20-17-4-2-1-3-16(17)19(26)22-7-8-23-9-11-24(12-10-23)18(25)14-21-13-15-5-6-15/h1-4,15,21H,5-14H2,(H,22,26). The zero-order valence-corrected chi connectivity index (χ0v) is 15.0. The van der Waals surface area contributed by atoms with Crippen LogP contribution in [0.1, 0.15) is 23.2 Å². The fourth-order valence-electron chi connectivity index (χ4n) is 3.11.